The van der Waals surface area contributed by atoms with E-state index in [-0.39, 0.29) is 25.7 Å². The highest BCUT2D eigenvalue weighted by molar-refractivity contribution is 7.47. The molecule has 3 N–H and O–H groups in total. The Bertz CT molecular complexity index is 1920. The smallest absolute Gasteiger partial charge is 0.462 e. The minimum atomic E-state index is -4.96. The van der Waals surface area contributed by atoms with Gasteiger partial charge in [-0.05, 0) is 49.4 Å². The van der Waals surface area contributed by atoms with Crippen molar-refractivity contribution >= 4 is 39.5 Å². The third kappa shape index (κ3) is 69.8. The Morgan fingerprint density at radius 1 is 0.286 bits per heavy atom. The zero-order valence-corrected chi connectivity index (χ0v) is 66.2. The third-order valence-corrected chi connectivity index (χ3v) is 20.9. The number of unbranched alkanes of at least 4 members (excludes halogenated alkanes) is 40. The molecule has 582 valence electrons. The van der Waals surface area contributed by atoms with Gasteiger partial charge < -0.3 is 33.8 Å². The van der Waals surface area contributed by atoms with E-state index in [4.69, 9.17) is 37.0 Å². The molecular formula is C79H154O17P2. The molecule has 0 spiro atoms. The number of hydrogen-bond donors (Lipinski definition) is 3. The summed E-state index contributed by atoms with van der Waals surface area (Å²) in [5, 5.41) is 10.6. The van der Waals surface area contributed by atoms with Gasteiger partial charge in [-0.25, -0.2) is 9.13 Å². The molecule has 0 fully saturated rings. The molecule has 19 heteroatoms. The highest BCUT2D eigenvalue weighted by Crippen LogP contribution is 2.45. The minimum absolute atomic E-state index is 0.103. The number of aliphatic hydroxyl groups excluding tert-OH is 1. The molecule has 0 aliphatic carbocycles. The minimum Gasteiger partial charge on any atom is -0.462 e. The van der Waals surface area contributed by atoms with Crippen LogP contribution in [0.5, 0.6) is 0 Å². The quantitative estimate of drug-likeness (QED) is 0.0222. The van der Waals surface area contributed by atoms with E-state index >= 15 is 0 Å². The van der Waals surface area contributed by atoms with Crippen LogP contribution in [0.3, 0.4) is 0 Å². The number of rotatable bonds is 76. The van der Waals surface area contributed by atoms with Gasteiger partial charge in [0.15, 0.2) is 12.2 Å². The highest BCUT2D eigenvalue weighted by Gasteiger charge is 2.30. The Morgan fingerprint density at radius 2 is 0.490 bits per heavy atom. The molecule has 0 saturated heterocycles. The van der Waals surface area contributed by atoms with Gasteiger partial charge >= 0.3 is 39.5 Å². The predicted molar refractivity (Wildman–Crippen MR) is 400 cm³/mol. The second-order valence-corrected chi connectivity index (χ2v) is 32.8. The topological polar surface area (TPSA) is 237 Å². The number of hydrogen-bond acceptors (Lipinski definition) is 15. The van der Waals surface area contributed by atoms with E-state index in [2.05, 4.69) is 55.4 Å². The molecule has 98 heavy (non-hydrogen) atoms. The first kappa shape index (κ1) is 96.1. The summed E-state index contributed by atoms with van der Waals surface area (Å²) in [7, 11) is -9.91. The number of carbonyl (C=O) groups excluding carboxylic acids is 4. The average molecular weight is 1440 g/mol. The van der Waals surface area contributed by atoms with Crippen molar-refractivity contribution in [2.45, 2.75) is 420 Å². The van der Waals surface area contributed by atoms with Gasteiger partial charge in [-0.3, -0.25) is 37.3 Å². The van der Waals surface area contributed by atoms with E-state index in [9.17, 15) is 43.2 Å². The van der Waals surface area contributed by atoms with Crippen LogP contribution in [0.1, 0.15) is 402 Å². The fraction of sp³-hybridized carbons (Fsp3) is 0.949. The van der Waals surface area contributed by atoms with Crippen molar-refractivity contribution in [2.75, 3.05) is 39.6 Å². The zero-order valence-electron chi connectivity index (χ0n) is 64.4. The average Bonchev–Trinajstić information content (AvgIpc) is 0.948. The maximum Gasteiger partial charge on any atom is 0.472 e. The summed E-state index contributed by atoms with van der Waals surface area (Å²) in [6.45, 7) is 14.2. The van der Waals surface area contributed by atoms with Gasteiger partial charge in [-0.1, -0.05) is 351 Å². The number of esters is 4. The standard InChI is InChI=1S/C79H154O17P2/c1-9-71(7)57-49-41-32-28-24-20-17-18-22-26-30-34-45-53-61-78(83)95-74(66-90-77(82)60-52-44-37-35-40-48-56-70(5)6)67-93-97(85,86)91-63-73(80)64-92-98(87,88)94-68-75(96-79(84)62-54-46-38-36-42-50-58-72(8)10-2)65-89-76(81)59-51-43-33-29-25-21-16-14-12-11-13-15-19-23-27-31-39-47-55-69(3)4/h69-75,80H,9-68H2,1-8H3,(H,85,86)(H,87,88)/t71?,72?,73-,74+,75+/m0/s1. The molecule has 0 radical (unpaired) electrons. The molecule has 0 aliphatic rings. The maximum absolute atomic E-state index is 13.1. The first-order valence-electron chi connectivity index (χ1n) is 40.8. The molecule has 0 amide bonds. The maximum atomic E-state index is 13.1. The molecule has 0 aromatic rings. The number of phosphoric ester groups is 2. The SMILES string of the molecule is CCC(C)CCCCCCCCCCCCCCCCC(=O)O[C@H](COC(=O)CCCCCCCCC(C)C)COP(=O)(O)OC[C@H](O)COP(=O)(O)OC[C@@H](COC(=O)CCCCCCCCCCCCCCCCCCCCC(C)C)OC(=O)CCCCCCCCC(C)CC. The van der Waals surface area contributed by atoms with Crippen molar-refractivity contribution < 1.29 is 80.2 Å². The van der Waals surface area contributed by atoms with Crippen molar-refractivity contribution in [2.24, 2.45) is 23.7 Å². The van der Waals surface area contributed by atoms with Crippen molar-refractivity contribution in [3.63, 3.8) is 0 Å². The summed E-state index contributed by atoms with van der Waals surface area (Å²) in [6.07, 6.45) is 54.4. The molecule has 0 aromatic carbocycles. The fourth-order valence-corrected chi connectivity index (χ4v) is 13.6. The molecule has 4 unspecified atom stereocenters. The van der Waals surface area contributed by atoms with Crippen molar-refractivity contribution in [3.8, 4) is 0 Å². The predicted octanol–water partition coefficient (Wildman–Crippen LogP) is 23.2. The first-order chi connectivity index (χ1) is 47.2. The molecule has 0 rings (SSSR count). The van der Waals surface area contributed by atoms with Crippen LogP contribution in [0.25, 0.3) is 0 Å². The second-order valence-electron chi connectivity index (χ2n) is 29.9. The van der Waals surface area contributed by atoms with Gasteiger partial charge in [-0.15, -0.1) is 0 Å². The Morgan fingerprint density at radius 3 is 0.724 bits per heavy atom. The van der Waals surface area contributed by atoms with Crippen LogP contribution in [-0.2, 0) is 65.4 Å². The second kappa shape index (κ2) is 68.2. The summed E-state index contributed by atoms with van der Waals surface area (Å²) < 4.78 is 68.5. The van der Waals surface area contributed by atoms with Gasteiger partial charge in [0.25, 0.3) is 0 Å². The Labute approximate surface area is 600 Å². The summed E-state index contributed by atoms with van der Waals surface area (Å²) in [5.41, 5.74) is 0. The van der Waals surface area contributed by atoms with Crippen molar-refractivity contribution in [1.29, 1.82) is 0 Å². The normalized spacial score (nSPS) is 14.6. The van der Waals surface area contributed by atoms with Crippen LogP contribution in [0.15, 0.2) is 0 Å². The van der Waals surface area contributed by atoms with E-state index < -0.39 is 97.5 Å². The Balaban J connectivity index is 5.13. The molecule has 0 aliphatic heterocycles. The van der Waals surface area contributed by atoms with Crippen LogP contribution in [0, 0.1) is 23.7 Å². The summed E-state index contributed by atoms with van der Waals surface area (Å²) in [6, 6.07) is 0. The van der Waals surface area contributed by atoms with E-state index in [1.165, 1.54) is 199 Å². The summed E-state index contributed by atoms with van der Waals surface area (Å²) in [5.74, 6) is 0.945. The summed E-state index contributed by atoms with van der Waals surface area (Å²) in [4.78, 5) is 72.8. The van der Waals surface area contributed by atoms with Gasteiger partial charge in [0.1, 0.15) is 19.3 Å². The van der Waals surface area contributed by atoms with Crippen molar-refractivity contribution in [3.05, 3.63) is 0 Å². The van der Waals surface area contributed by atoms with Crippen LogP contribution in [0.2, 0.25) is 0 Å². The number of carbonyl (C=O) groups is 4. The molecule has 7 atom stereocenters. The van der Waals surface area contributed by atoms with Gasteiger partial charge in [0.05, 0.1) is 26.4 Å². The van der Waals surface area contributed by atoms with Gasteiger partial charge in [0.2, 0.25) is 0 Å². The Hall–Kier alpha value is -1.94. The third-order valence-electron chi connectivity index (χ3n) is 19.0. The van der Waals surface area contributed by atoms with Crippen LogP contribution in [-0.4, -0.2) is 96.7 Å². The molecular weight excluding hydrogens is 1280 g/mol. The zero-order chi connectivity index (χ0) is 72.4. The van der Waals surface area contributed by atoms with E-state index in [0.717, 1.165) is 114 Å². The van der Waals surface area contributed by atoms with Crippen LogP contribution >= 0.6 is 15.6 Å². The summed E-state index contributed by atoms with van der Waals surface area (Å²) >= 11 is 0. The monoisotopic (exact) mass is 1440 g/mol. The molecule has 17 nitrogen and oxygen atoms in total. The Kier molecular flexibility index (Phi) is 66.8. The van der Waals surface area contributed by atoms with E-state index in [1.807, 2.05) is 0 Å². The lowest BCUT2D eigenvalue weighted by Crippen LogP contribution is -2.30. The van der Waals surface area contributed by atoms with Crippen LogP contribution in [0.4, 0.5) is 0 Å². The van der Waals surface area contributed by atoms with Gasteiger partial charge in [-0.2, -0.15) is 0 Å². The first-order valence-corrected chi connectivity index (χ1v) is 43.8. The van der Waals surface area contributed by atoms with E-state index in [1.54, 1.807) is 0 Å². The molecule has 0 heterocycles. The fourth-order valence-electron chi connectivity index (χ4n) is 12.0. The van der Waals surface area contributed by atoms with Crippen molar-refractivity contribution in [1.82, 2.24) is 0 Å². The number of phosphoric acid groups is 2. The number of ether oxygens (including phenoxy) is 4. The van der Waals surface area contributed by atoms with Gasteiger partial charge in [0, 0.05) is 25.7 Å². The van der Waals surface area contributed by atoms with Crippen LogP contribution < -0.4 is 0 Å². The largest absolute Gasteiger partial charge is 0.472 e. The highest BCUT2D eigenvalue weighted by atomic mass is 31.2. The number of aliphatic hydroxyl groups is 1. The van der Waals surface area contributed by atoms with E-state index in [0.29, 0.717) is 31.6 Å². The molecule has 0 saturated carbocycles. The lowest BCUT2D eigenvalue weighted by atomic mass is 9.99. The molecule has 0 bridgehead atoms. The molecule has 0 aromatic heterocycles. The lowest BCUT2D eigenvalue weighted by molar-refractivity contribution is -0.161. The lowest BCUT2D eigenvalue weighted by Gasteiger charge is -2.21.